The van der Waals surface area contributed by atoms with E-state index < -0.39 is 0 Å². The summed E-state index contributed by atoms with van der Waals surface area (Å²) in [6.07, 6.45) is 3.93. The topological polar surface area (TPSA) is 111 Å². The van der Waals surface area contributed by atoms with E-state index in [-0.39, 0.29) is 5.91 Å². The molecule has 1 amide bonds. The summed E-state index contributed by atoms with van der Waals surface area (Å²) in [7, 11) is 0. The normalized spacial score (nSPS) is 10.9. The number of amides is 1. The van der Waals surface area contributed by atoms with E-state index in [1.165, 1.54) is 12.5 Å². The molecule has 0 radical (unpaired) electrons. The Morgan fingerprint density at radius 3 is 2.87 bits per heavy atom. The first kappa shape index (κ1) is 14.9. The van der Waals surface area contributed by atoms with Crippen molar-refractivity contribution in [3.8, 4) is 0 Å². The third-order valence-corrected chi connectivity index (χ3v) is 3.66. The van der Waals surface area contributed by atoms with E-state index >= 15 is 0 Å². The Balaban J connectivity index is 1.70. The summed E-state index contributed by atoms with van der Waals surface area (Å²) in [5, 5.41) is 6.94. The first-order valence-corrected chi connectivity index (χ1v) is 7.22. The number of pyridine rings is 1. The van der Waals surface area contributed by atoms with Gasteiger partial charge in [0.05, 0.1) is 11.9 Å². The van der Waals surface area contributed by atoms with Crippen molar-refractivity contribution in [2.45, 2.75) is 26.7 Å². The molecule has 0 unspecified atom stereocenters. The zero-order valence-electron chi connectivity index (χ0n) is 12.9. The molecule has 3 rings (SSSR count). The van der Waals surface area contributed by atoms with Crippen LogP contribution in [0.4, 0.5) is 11.5 Å². The summed E-state index contributed by atoms with van der Waals surface area (Å²) in [5.41, 5.74) is 8.97. The first-order chi connectivity index (χ1) is 11.0. The molecule has 0 atom stereocenters. The molecule has 0 aliphatic heterocycles. The number of nitrogens with one attached hydrogen (secondary N) is 1. The maximum atomic E-state index is 12.1. The fourth-order valence-corrected chi connectivity index (χ4v) is 2.46. The molecule has 0 aliphatic carbocycles. The van der Waals surface area contributed by atoms with Crippen molar-refractivity contribution in [1.82, 2.24) is 24.6 Å². The summed E-state index contributed by atoms with van der Waals surface area (Å²) in [4.78, 5) is 24.5. The highest BCUT2D eigenvalue weighted by atomic mass is 16.1. The molecule has 0 saturated heterocycles. The third-order valence-electron chi connectivity index (χ3n) is 3.66. The molecule has 0 saturated carbocycles. The average Bonchev–Trinajstić information content (AvgIpc) is 2.98. The van der Waals surface area contributed by atoms with Crippen molar-refractivity contribution < 1.29 is 4.79 Å². The van der Waals surface area contributed by atoms with Crippen LogP contribution in [0, 0.1) is 13.8 Å². The fourth-order valence-electron chi connectivity index (χ4n) is 2.46. The van der Waals surface area contributed by atoms with Crippen molar-refractivity contribution in [1.29, 1.82) is 0 Å². The van der Waals surface area contributed by atoms with Crippen LogP contribution >= 0.6 is 0 Å². The van der Waals surface area contributed by atoms with Gasteiger partial charge in [-0.25, -0.2) is 14.5 Å². The van der Waals surface area contributed by atoms with Gasteiger partial charge in [0.1, 0.15) is 12.1 Å². The van der Waals surface area contributed by atoms with Gasteiger partial charge in [-0.05, 0) is 38.0 Å². The van der Waals surface area contributed by atoms with Crippen LogP contribution < -0.4 is 11.1 Å². The summed E-state index contributed by atoms with van der Waals surface area (Å²) in [5.74, 6) is 0.900. The third kappa shape index (κ3) is 3.10. The molecule has 8 nitrogen and oxygen atoms in total. The number of hydrogen-bond acceptors (Lipinski definition) is 6. The van der Waals surface area contributed by atoms with Crippen LogP contribution in [0.2, 0.25) is 0 Å². The number of aryl methyl sites for hydroxylation is 2. The molecular weight excluding hydrogens is 294 g/mol. The highest BCUT2D eigenvalue weighted by molar-refractivity contribution is 5.90. The lowest BCUT2D eigenvalue weighted by molar-refractivity contribution is -0.116. The molecule has 8 heteroatoms. The smallest absolute Gasteiger partial charge is 0.252 e. The number of nitrogen functional groups attached to an aromatic ring is 1. The van der Waals surface area contributed by atoms with Crippen molar-refractivity contribution in [3.63, 3.8) is 0 Å². The van der Waals surface area contributed by atoms with Gasteiger partial charge in [-0.1, -0.05) is 0 Å². The second-order valence-corrected chi connectivity index (χ2v) is 5.25. The van der Waals surface area contributed by atoms with Crippen molar-refractivity contribution in [3.05, 3.63) is 41.6 Å². The molecule has 3 aromatic rings. The lowest BCUT2D eigenvalue weighted by atomic mass is 10.1. The van der Waals surface area contributed by atoms with E-state index in [4.69, 9.17) is 5.73 Å². The zero-order chi connectivity index (χ0) is 16.4. The molecule has 118 valence electrons. The van der Waals surface area contributed by atoms with E-state index in [0.29, 0.717) is 30.1 Å². The maximum absolute atomic E-state index is 12.1. The Kier molecular flexibility index (Phi) is 3.88. The second kappa shape index (κ2) is 5.99. The average molecular weight is 311 g/mol. The molecule has 0 bridgehead atoms. The number of carbonyl (C=O) groups is 1. The minimum Gasteiger partial charge on any atom is -0.384 e. The van der Waals surface area contributed by atoms with Gasteiger partial charge in [-0.2, -0.15) is 10.1 Å². The summed E-state index contributed by atoms with van der Waals surface area (Å²) in [6, 6.07) is 3.37. The maximum Gasteiger partial charge on any atom is 0.252 e. The SMILES string of the molecule is Cc1nc2ncnn2c(C)c1CCC(=O)Nc1ccc(N)nc1. The van der Waals surface area contributed by atoms with Gasteiger partial charge >= 0.3 is 0 Å². The molecule has 3 heterocycles. The highest BCUT2D eigenvalue weighted by Gasteiger charge is 2.12. The van der Waals surface area contributed by atoms with E-state index in [1.54, 1.807) is 16.6 Å². The van der Waals surface area contributed by atoms with Crippen LogP contribution in [0.5, 0.6) is 0 Å². The molecular formula is C15H17N7O. The largest absolute Gasteiger partial charge is 0.384 e. The summed E-state index contributed by atoms with van der Waals surface area (Å²) >= 11 is 0. The lowest BCUT2D eigenvalue weighted by Gasteiger charge is -2.10. The first-order valence-electron chi connectivity index (χ1n) is 7.22. The quantitative estimate of drug-likeness (QED) is 0.751. The van der Waals surface area contributed by atoms with Gasteiger partial charge in [0.25, 0.3) is 5.78 Å². The summed E-state index contributed by atoms with van der Waals surface area (Å²) < 4.78 is 1.68. The molecule has 23 heavy (non-hydrogen) atoms. The van der Waals surface area contributed by atoms with Gasteiger partial charge in [-0.15, -0.1) is 0 Å². The van der Waals surface area contributed by atoms with E-state index in [9.17, 15) is 4.79 Å². The van der Waals surface area contributed by atoms with Crippen molar-refractivity contribution >= 4 is 23.2 Å². The molecule has 0 aromatic carbocycles. The van der Waals surface area contributed by atoms with Gasteiger partial charge < -0.3 is 11.1 Å². The van der Waals surface area contributed by atoms with Crippen LogP contribution in [-0.2, 0) is 11.2 Å². The van der Waals surface area contributed by atoms with Crippen LogP contribution in [0.3, 0.4) is 0 Å². The predicted molar refractivity (Wildman–Crippen MR) is 85.9 cm³/mol. The number of rotatable bonds is 4. The Labute approximate surface area is 132 Å². The van der Waals surface area contributed by atoms with Gasteiger partial charge in [0.15, 0.2) is 0 Å². The number of fused-ring (bicyclic) bond motifs is 1. The highest BCUT2D eigenvalue weighted by Crippen LogP contribution is 2.15. The molecule has 0 aliphatic rings. The van der Waals surface area contributed by atoms with Crippen LogP contribution in [0.25, 0.3) is 5.78 Å². The van der Waals surface area contributed by atoms with Gasteiger partial charge in [0, 0.05) is 17.8 Å². The number of nitrogens with zero attached hydrogens (tertiary/aromatic N) is 5. The number of nitrogens with two attached hydrogens (primary N) is 1. The minimum atomic E-state index is -0.0888. The van der Waals surface area contributed by atoms with Crippen LogP contribution in [0.15, 0.2) is 24.7 Å². The molecule has 3 aromatic heterocycles. The van der Waals surface area contributed by atoms with Gasteiger partial charge in [0.2, 0.25) is 5.91 Å². The van der Waals surface area contributed by atoms with Gasteiger partial charge in [-0.3, -0.25) is 4.79 Å². The number of carbonyl (C=O) groups excluding carboxylic acids is 1. The zero-order valence-corrected chi connectivity index (χ0v) is 12.9. The number of anilines is 2. The Hall–Kier alpha value is -3.03. The van der Waals surface area contributed by atoms with Crippen LogP contribution in [0.1, 0.15) is 23.4 Å². The Morgan fingerprint density at radius 2 is 2.13 bits per heavy atom. The second-order valence-electron chi connectivity index (χ2n) is 5.25. The van der Waals surface area contributed by atoms with E-state index in [1.807, 2.05) is 13.8 Å². The predicted octanol–water partition coefficient (Wildman–Crippen LogP) is 1.29. The molecule has 3 N–H and O–H groups in total. The molecule has 0 spiro atoms. The van der Waals surface area contributed by atoms with Crippen molar-refractivity contribution in [2.24, 2.45) is 0 Å². The van der Waals surface area contributed by atoms with Crippen molar-refractivity contribution in [2.75, 3.05) is 11.1 Å². The number of hydrogen-bond donors (Lipinski definition) is 2. The Bertz CT molecular complexity index is 854. The fraction of sp³-hybridized carbons (Fsp3) is 0.267. The van der Waals surface area contributed by atoms with Crippen LogP contribution in [-0.4, -0.2) is 30.5 Å². The monoisotopic (exact) mass is 311 g/mol. The summed E-state index contributed by atoms with van der Waals surface area (Å²) in [6.45, 7) is 3.87. The lowest BCUT2D eigenvalue weighted by Crippen LogP contribution is -2.14. The standard InChI is InChI=1S/C15H17N7O/c1-9-12(10(2)22-15(20-9)18-8-19-22)4-6-14(23)21-11-3-5-13(16)17-7-11/h3,5,7-8H,4,6H2,1-2H3,(H2,16,17)(H,21,23). The van der Waals surface area contributed by atoms with E-state index in [2.05, 4.69) is 25.4 Å². The minimum absolute atomic E-state index is 0.0888. The Morgan fingerprint density at radius 1 is 1.30 bits per heavy atom. The molecule has 0 fully saturated rings. The van der Waals surface area contributed by atoms with E-state index in [0.717, 1.165) is 17.0 Å². The number of aromatic nitrogens is 5.